The van der Waals surface area contributed by atoms with Gasteiger partial charge in [-0.2, -0.15) is 0 Å². The number of nitrogens with zero attached hydrogens (tertiary/aromatic N) is 2. The van der Waals surface area contributed by atoms with E-state index in [-0.39, 0.29) is 17.5 Å². The van der Waals surface area contributed by atoms with Crippen molar-refractivity contribution in [2.75, 3.05) is 9.80 Å². The summed E-state index contributed by atoms with van der Waals surface area (Å²) in [5.74, 6) is 3.67. The third kappa shape index (κ3) is 4.13. The van der Waals surface area contributed by atoms with Crippen molar-refractivity contribution in [3.8, 4) is 23.0 Å². The predicted octanol–water partition coefficient (Wildman–Crippen LogP) is 10.6. The second kappa shape index (κ2) is 10.7. The number of anilines is 6. The molecule has 0 amide bonds. The van der Waals surface area contributed by atoms with Crippen LogP contribution in [0.2, 0.25) is 0 Å². The molecule has 0 radical (unpaired) electrons. The molecule has 7 aromatic rings. The van der Waals surface area contributed by atoms with Crippen LogP contribution in [0, 0.1) is 0 Å². The highest BCUT2D eigenvalue weighted by atomic mass is 16.5. The van der Waals surface area contributed by atoms with Gasteiger partial charge >= 0.3 is 0 Å². The summed E-state index contributed by atoms with van der Waals surface area (Å²) in [4.78, 5) is 4.92. The SMILES string of the molecule is CC1(C)c2ccccc2Oc2cc3c(cc21)N(c1ccccc1)c1cccc2c1B3c1cc3c(cc1N2c1ccccc1)C(C)(C)c1ccccc1O3. The van der Waals surface area contributed by atoms with Gasteiger partial charge in [-0.3, -0.25) is 0 Å². The summed E-state index contributed by atoms with van der Waals surface area (Å²) in [6.07, 6.45) is 0. The van der Waals surface area contributed by atoms with E-state index in [4.69, 9.17) is 9.47 Å². The molecule has 11 rings (SSSR count). The molecule has 0 saturated carbocycles. The minimum Gasteiger partial charge on any atom is -0.457 e. The van der Waals surface area contributed by atoms with E-state index in [0.717, 1.165) is 34.4 Å². The maximum absolute atomic E-state index is 6.83. The average Bonchev–Trinajstić information content (AvgIpc) is 3.18. The third-order valence-corrected chi connectivity index (χ3v) is 12.1. The molecule has 0 aromatic heterocycles. The van der Waals surface area contributed by atoms with Gasteiger partial charge < -0.3 is 19.3 Å². The highest BCUT2D eigenvalue weighted by molar-refractivity contribution is 7.00. The quantitative estimate of drug-likeness (QED) is 0.169. The Hall–Kier alpha value is -6.20. The first-order valence-corrected chi connectivity index (χ1v) is 18.6. The molecule has 0 spiro atoms. The number of hydrogen-bond donors (Lipinski definition) is 0. The Balaban J connectivity index is 1.23. The molecule has 4 aliphatic heterocycles. The Kier molecular flexibility index (Phi) is 6.13. The fourth-order valence-electron chi connectivity index (χ4n) is 9.51. The number of benzene rings is 7. The third-order valence-electron chi connectivity index (χ3n) is 12.1. The van der Waals surface area contributed by atoms with Gasteiger partial charge in [0, 0.05) is 67.2 Å². The van der Waals surface area contributed by atoms with Crippen LogP contribution in [0.4, 0.5) is 34.1 Å². The van der Waals surface area contributed by atoms with Gasteiger partial charge in [0.15, 0.2) is 0 Å². The molecule has 4 heterocycles. The Morgan fingerprint density at radius 2 is 0.811 bits per heavy atom. The molecule has 0 fully saturated rings. The van der Waals surface area contributed by atoms with Crippen LogP contribution in [-0.4, -0.2) is 6.71 Å². The van der Waals surface area contributed by atoms with E-state index in [9.17, 15) is 0 Å². The molecule has 0 bridgehead atoms. The van der Waals surface area contributed by atoms with Crippen molar-refractivity contribution in [1.29, 1.82) is 0 Å². The first kappa shape index (κ1) is 30.4. The smallest absolute Gasteiger partial charge is 0.252 e. The molecule has 0 atom stereocenters. The van der Waals surface area contributed by atoms with Crippen LogP contribution in [0.1, 0.15) is 49.9 Å². The zero-order valence-electron chi connectivity index (χ0n) is 30.2. The highest BCUT2D eigenvalue weighted by Crippen LogP contribution is 2.53. The fourth-order valence-corrected chi connectivity index (χ4v) is 9.51. The summed E-state index contributed by atoms with van der Waals surface area (Å²) in [5, 5.41) is 0. The van der Waals surface area contributed by atoms with Crippen LogP contribution in [0.15, 0.2) is 152 Å². The molecular weight excluding hydrogens is 647 g/mol. The van der Waals surface area contributed by atoms with Gasteiger partial charge in [-0.05, 0) is 89.2 Å². The number of rotatable bonds is 2. The molecular formula is C48H37BN2O2. The van der Waals surface area contributed by atoms with E-state index in [0.29, 0.717) is 0 Å². The largest absolute Gasteiger partial charge is 0.457 e. The Labute approximate surface area is 311 Å². The average molecular weight is 685 g/mol. The highest BCUT2D eigenvalue weighted by Gasteiger charge is 2.47. The van der Waals surface area contributed by atoms with Crippen molar-refractivity contribution in [3.05, 3.63) is 174 Å². The maximum Gasteiger partial charge on any atom is 0.252 e. The number of para-hydroxylation sites is 4. The van der Waals surface area contributed by atoms with Gasteiger partial charge in [-0.25, -0.2) is 0 Å². The predicted molar refractivity (Wildman–Crippen MR) is 218 cm³/mol. The topological polar surface area (TPSA) is 24.9 Å². The molecule has 0 unspecified atom stereocenters. The van der Waals surface area contributed by atoms with Crippen molar-refractivity contribution in [2.24, 2.45) is 0 Å². The van der Waals surface area contributed by atoms with Crippen LogP contribution in [0.25, 0.3) is 0 Å². The summed E-state index contributed by atoms with van der Waals surface area (Å²) >= 11 is 0. The van der Waals surface area contributed by atoms with E-state index in [2.05, 4.69) is 189 Å². The van der Waals surface area contributed by atoms with Crippen molar-refractivity contribution < 1.29 is 9.47 Å². The second-order valence-electron chi connectivity index (χ2n) is 15.7. The Morgan fingerprint density at radius 3 is 1.26 bits per heavy atom. The first-order chi connectivity index (χ1) is 25.8. The lowest BCUT2D eigenvalue weighted by Crippen LogP contribution is -2.61. The summed E-state index contributed by atoms with van der Waals surface area (Å²) in [6, 6.07) is 54.8. The van der Waals surface area contributed by atoms with Gasteiger partial charge in [-0.15, -0.1) is 0 Å². The van der Waals surface area contributed by atoms with Crippen LogP contribution < -0.4 is 35.7 Å². The van der Waals surface area contributed by atoms with Crippen molar-refractivity contribution in [2.45, 2.75) is 38.5 Å². The number of fused-ring (bicyclic) bond motifs is 8. The van der Waals surface area contributed by atoms with E-state index in [1.807, 2.05) is 0 Å². The van der Waals surface area contributed by atoms with Crippen molar-refractivity contribution >= 4 is 57.2 Å². The van der Waals surface area contributed by atoms with Crippen LogP contribution in [0.5, 0.6) is 23.0 Å². The van der Waals surface area contributed by atoms with E-state index in [1.165, 1.54) is 61.4 Å². The summed E-state index contributed by atoms with van der Waals surface area (Å²) in [5.41, 5.74) is 14.9. The minimum absolute atomic E-state index is 0.0745. The molecule has 0 saturated heterocycles. The van der Waals surface area contributed by atoms with Crippen molar-refractivity contribution in [3.63, 3.8) is 0 Å². The molecule has 4 nitrogen and oxygen atoms in total. The van der Waals surface area contributed by atoms with Gasteiger partial charge in [0.25, 0.3) is 6.71 Å². The molecule has 5 heteroatoms. The van der Waals surface area contributed by atoms with Crippen LogP contribution in [-0.2, 0) is 10.8 Å². The summed E-state index contributed by atoms with van der Waals surface area (Å²) < 4.78 is 13.7. The van der Waals surface area contributed by atoms with Gasteiger partial charge in [-0.1, -0.05) is 107 Å². The van der Waals surface area contributed by atoms with Crippen LogP contribution >= 0.6 is 0 Å². The first-order valence-electron chi connectivity index (χ1n) is 18.6. The second-order valence-corrected chi connectivity index (χ2v) is 15.7. The molecule has 0 aliphatic carbocycles. The zero-order valence-corrected chi connectivity index (χ0v) is 30.2. The lowest BCUT2D eigenvalue weighted by Gasteiger charge is -2.46. The van der Waals surface area contributed by atoms with Gasteiger partial charge in [0.2, 0.25) is 0 Å². The maximum atomic E-state index is 6.83. The summed E-state index contributed by atoms with van der Waals surface area (Å²) in [7, 11) is 0. The van der Waals surface area contributed by atoms with E-state index >= 15 is 0 Å². The molecule has 0 N–H and O–H groups in total. The van der Waals surface area contributed by atoms with E-state index in [1.54, 1.807) is 0 Å². The minimum atomic E-state index is -0.260. The Bertz CT molecular complexity index is 2470. The van der Waals surface area contributed by atoms with Gasteiger partial charge in [0.05, 0.1) is 0 Å². The molecule has 254 valence electrons. The van der Waals surface area contributed by atoms with Crippen molar-refractivity contribution in [1.82, 2.24) is 0 Å². The molecule has 7 aromatic carbocycles. The lowest BCUT2D eigenvalue weighted by molar-refractivity contribution is 0.418. The standard InChI is InChI=1S/C48H37BN2O2/c1-47(2)32-20-11-13-24-42(32)52-44-28-36-40(26-34(44)47)50(30-16-7-5-8-17-30)38-22-15-23-39-46(38)49(36)37-29-45-35(27-41(37)51(39)31-18-9-6-10-19-31)48(3,4)33-21-12-14-25-43(33)53-45/h5-29H,1-4H3. The van der Waals surface area contributed by atoms with Gasteiger partial charge in [0.1, 0.15) is 23.0 Å². The fraction of sp³-hybridized carbons (Fsp3) is 0.125. The van der Waals surface area contributed by atoms with E-state index < -0.39 is 0 Å². The lowest BCUT2D eigenvalue weighted by atomic mass is 9.33. The normalized spacial score (nSPS) is 16.0. The zero-order chi connectivity index (χ0) is 35.6. The molecule has 53 heavy (non-hydrogen) atoms. The van der Waals surface area contributed by atoms with Crippen LogP contribution in [0.3, 0.4) is 0 Å². The Morgan fingerprint density at radius 1 is 0.396 bits per heavy atom. The summed E-state index contributed by atoms with van der Waals surface area (Å²) in [6.45, 7) is 9.20. The number of hydrogen-bond acceptors (Lipinski definition) is 4. The monoisotopic (exact) mass is 684 g/mol. The molecule has 4 aliphatic rings. The number of ether oxygens (including phenoxy) is 2.